The second kappa shape index (κ2) is 11.9. The summed E-state index contributed by atoms with van der Waals surface area (Å²) in [5, 5.41) is 6.64. The zero-order valence-corrected chi connectivity index (χ0v) is 16.8. The SMILES string of the molecule is CN=C(NCCOc1cccnc1)NC1CCN(CC(N)=O)CC1.I. The first-order chi connectivity index (χ1) is 11.7. The molecular formula is C16H27IN6O2. The van der Waals surface area contributed by atoms with E-state index in [4.69, 9.17) is 10.5 Å². The van der Waals surface area contributed by atoms with Crippen LogP contribution in [0.5, 0.6) is 5.75 Å². The van der Waals surface area contributed by atoms with Crippen molar-refractivity contribution in [3.63, 3.8) is 0 Å². The van der Waals surface area contributed by atoms with Crippen molar-refractivity contribution in [1.29, 1.82) is 0 Å². The molecule has 2 heterocycles. The molecule has 9 heteroatoms. The fourth-order valence-corrected chi connectivity index (χ4v) is 2.61. The van der Waals surface area contributed by atoms with E-state index in [0.717, 1.165) is 37.6 Å². The lowest BCUT2D eigenvalue weighted by molar-refractivity contribution is -0.119. The molecule has 1 fully saturated rings. The van der Waals surface area contributed by atoms with E-state index in [1.165, 1.54) is 0 Å². The van der Waals surface area contributed by atoms with Crippen LogP contribution in [0.4, 0.5) is 0 Å². The number of halogens is 1. The molecule has 0 aliphatic carbocycles. The van der Waals surface area contributed by atoms with Crippen LogP contribution in [0.1, 0.15) is 12.8 Å². The van der Waals surface area contributed by atoms with Crippen molar-refractivity contribution in [3.8, 4) is 5.75 Å². The average molecular weight is 462 g/mol. The predicted molar refractivity (Wildman–Crippen MR) is 108 cm³/mol. The molecule has 1 aliphatic rings. The maximum atomic E-state index is 10.9. The first kappa shape index (κ1) is 21.4. The van der Waals surface area contributed by atoms with Crippen LogP contribution >= 0.6 is 24.0 Å². The summed E-state index contributed by atoms with van der Waals surface area (Å²) in [4.78, 5) is 21.3. The summed E-state index contributed by atoms with van der Waals surface area (Å²) < 4.78 is 5.58. The normalized spacial score (nSPS) is 16.0. The molecule has 1 saturated heterocycles. The van der Waals surface area contributed by atoms with Gasteiger partial charge >= 0.3 is 0 Å². The highest BCUT2D eigenvalue weighted by Gasteiger charge is 2.20. The number of nitrogens with zero attached hydrogens (tertiary/aromatic N) is 3. The molecule has 140 valence electrons. The summed E-state index contributed by atoms with van der Waals surface area (Å²) in [5.74, 6) is 1.25. The second-order valence-electron chi connectivity index (χ2n) is 5.70. The Morgan fingerprint density at radius 3 is 2.84 bits per heavy atom. The first-order valence-electron chi connectivity index (χ1n) is 8.18. The number of pyridine rings is 1. The van der Waals surface area contributed by atoms with Crippen molar-refractivity contribution in [3.05, 3.63) is 24.5 Å². The van der Waals surface area contributed by atoms with Crippen LogP contribution in [0, 0.1) is 0 Å². The van der Waals surface area contributed by atoms with Gasteiger partial charge in [0, 0.05) is 32.4 Å². The number of carbonyl (C=O) groups excluding carboxylic acids is 1. The molecule has 0 atom stereocenters. The number of rotatable bonds is 7. The summed E-state index contributed by atoms with van der Waals surface area (Å²) in [5.41, 5.74) is 5.23. The van der Waals surface area contributed by atoms with Crippen LogP contribution in [0.2, 0.25) is 0 Å². The molecule has 0 aromatic carbocycles. The number of primary amides is 1. The number of hydrogen-bond acceptors (Lipinski definition) is 5. The van der Waals surface area contributed by atoms with Gasteiger partial charge < -0.3 is 21.1 Å². The van der Waals surface area contributed by atoms with Gasteiger partial charge in [-0.05, 0) is 25.0 Å². The Hall–Kier alpha value is -1.62. The Morgan fingerprint density at radius 2 is 2.24 bits per heavy atom. The number of nitrogens with one attached hydrogen (secondary N) is 2. The van der Waals surface area contributed by atoms with Gasteiger partial charge in [0.1, 0.15) is 12.4 Å². The van der Waals surface area contributed by atoms with Crippen LogP contribution in [-0.4, -0.2) is 67.6 Å². The molecule has 1 amide bonds. The number of piperidine rings is 1. The van der Waals surface area contributed by atoms with Crippen LogP contribution in [0.25, 0.3) is 0 Å². The van der Waals surface area contributed by atoms with Crippen molar-refractivity contribution in [2.45, 2.75) is 18.9 Å². The van der Waals surface area contributed by atoms with Gasteiger partial charge in [0.2, 0.25) is 5.91 Å². The number of aromatic nitrogens is 1. The number of amides is 1. The fraction of sp³-hybridized carbons (Fsp3) is 0.562. The number of likely N-dealkylation sites (tertiary alicyclic amines) is 1. The highest BCUT2D eigenvalue weighted by atomic mass is 127. The van der Waals surface area contributed by atoms with E-state index in [0.29, 0.717) is 25.7 Å². The maximum Gasteiger partial charge on any atom is 0.231 e. The molecule has 2 rings (SSSR count). The third-order valence-electron chi connectivity index (χ3n) is 3.83. The number of guanidine groups is 1. The summed E-state index contributed by atoms with van der Waals surface area (Å²) in [6.45, 7) is 3.24. The number of aliphatic imine (C=N–C) groups is 1. The van der Waals surface area contributed by atoms with Gasteiger partial charge in [-0.25, -0.2) is 0 Å². The molecule has 1 aromatic rings. The summed E-state index contributed by atoms with van der Waals surface area (Å²) >= 11 is 0. The second-order valence-corrected chi connectivity index (χ2v) is 5.70. The van der Waals surface area contributed by atoms with E-state index < -0.39 is 0 Å². The Labute approximate surface area is 165 Å². The van der Waals surface area contributed by atoms with Gasteiger partial charge in [0.05, 0.1) is 19.3 Å². The Balaban J connectivity index is 0.00000312. The van der Waals surface area contributed by atoms with E-state index in [1.807, 2.05) is 12.1 Å². The molecule has 0 spiro atoms. The van der Waals surface area contributed by atoms with Gasteiger partial charge in [0.25, 0.3) is 0 Å². The van der Waals surface area contributed by atoms with Crippen molar-refractivity contribution >= 4 is 35.8 Å². The van der Waals surface area contributed by atoms with Gasteiger partial charge in [-0.2, -0.15) is 0 Å². The Morgan fingerprint density at radius 1 is 1.48 bits per heavy atom. The van der Waals surface area contributed by atoms with E-state index >= 15 is 0 Å². The third-order valence-corrected chi connectivity index (χ3v) is 3.83. The van der Waals surface area contributed by atoms with Crippen molar-refractivity contribution in [1.82, 2.24) is 20.5 Å². The Kier molecular flexibility index (Phi) is 10.2. The monoisotopic (exact) mass is 462 g/mol. The molecule has 25 heavy (non-hydrogen) atoms. The lowest BCUT2D eigenvalue weighted by Crippen LogP contribution is -2.50. The summed E-state index contributed by atoms with van der Waals surface area (Å²) in [7, 11) is 1.75. The third kappa shape index (κ3) is 8.34. The maximum absolute atomic E-state index is 10.9. The summed E-state index contributed by atoms with van der Waals surface area (Å²) in [6.07, 6.45) is 5.32. The number of carbonyl (C=O) groups is 1. The van der Waals surface area contributed by atoms with Crippen LogP contribution in [0.3, 0.4) is 0 Å². The minimum absolute atomic E-state index is 0. The van der Waals surface area contributed by atoms with E-state index in [2.05, 4.69) is 25.5 Å². The van der Waals surface area contributed by atoms with Crippen molar-refractivity contribution in [2.24, 2.45) is 10.7 Å². The molecular weight excluding hydrogens is 435 g/mol. The molecule has 0 unspecified atom stereocenters. The smallest absolute Gasteiger partial charge is 0.231 e. The lowest BCUT2D eigenvalue weighted by atomic mass is 10.1. The highest BCUT2D eigenvalue weighted by Crippen LogP contribution is 2.09. The quantitative estimate of drug-likeness (QED) is 0.231. The standard InChI is InChI=1S/C16H26N6O2.HI/c1-18-16(20-7-10-24-14-3-2-6-19-11-14)21-13-4-8-22(9-5-13)12-15(17)23;/h2-3,6,11,13H,4-5,7-10,12H2,1H3,(H2,17,23)(H2,18,20,21);1H. The Bertz CT molecular complexity index is 535. The van der Waals surface area contributed by atoms with Gasteiger partial charge in [-0.15, -0.1) is 24.0 Å². The number of nitrogens with two attached hydrogens (primary N) is 1. The molecule has 0 radical (unpaired) electrons. The highest BCUT2D eigenvalue weighted by molar-refractivity contribution is 14.0. The van der Waals surface area contributed by atoms with Gasteiger partial charge in [0.15, 0.2) is 5.96 Å². The average Bonchev–Trinajstić information content (AvgIpc) is 2.59. The molecule has 4 N–H and O–H groups in total. The minimum atomic E-state index is -0.271. The number of ether oxygens (including phenoxy) is 1. The molecule has 1 aliphatic heterocycles. The number of hydrogen-bond donors (Lipinski definition) is 3. The lowest BCUT2D eigenvalue weighted by Gasteiger charge is -2.32. The van der Waals surface area contributed by atoms with E-state index in [-0.39, 0.29) is 29.9 Å². The van der Waals surface area contributed by atoms with E-state index in [9.17, 15) is 4.79 Å². The molecule has 0 bridgehead atoms. The molecule has 1 aromatic heterocycles. The van der Waals surface area contributed by atoms with Crippen molar-refractivity contribution < 1.29 is 9.53 Å². The topological polar surface area (TPSA) is 105 Å². The van der Waals surface area contributed by atoms with Crippen molar-refractivity contribution in [2.75, 3.05) is 39.8 Å². The largest absolute Gasteiger partial charge is 0.490 e. The summed E-state index contributed by atoms with van der Waals surface area (Å²) in [6, 6.07) is 4.06. The first-order valence-corrected chi connectivity index (χ1v) is 8.18. The van der Waals surface area contributed by atoms with Crippen LogP contribution in [-0.2, 0) is 4.79 Å². The van der Waals surface area contributed by atoms with Crippen LogP contribution in [0.15, 0.2) is 29.5 Å². The predicted octanol–water partition coefficient (Wildman–Crippen LogP) is 0.193. The molecule has 0 saturated carbocycles. The minimum Gasteiger partial charge on any atom is -0.490 e. The zero-order chi connectivity index (χ0) is 17.2. The van der Waals surface area contributed by atoms with Crippen LogP contribution < -0.4 is 21.1 Å². The molecule has 8 nitrogen and oxygen atoms in total. The van der Waals surface area contributed by atoms with Gasteiger partial charge in [-0.3, -0.25) is 19.7 Å². The van der Waals surface area contributed by atoms with E-state index in [1.54, 1.807) is 19.4 Å². The zero-order valence-electron chi connectivity index (χ0n) is 14.5. The van der Waals surface area contributed by atoms with Gasteiger partial charge in [-0.1, -0.05) is 0 Å². The fourth-order valence-electron chi connectivity index (χ4n) is 2.61.